The lowest BCUT2D eigenvalue weighted by Gasteiger charge is -2.29. The minimum Gasteiger partial charge on any atom is -0.384 e. The first-order valence-electron chi connectivity index (χ1n) is 8.04. The molecule has 0 bridgehead atoms. The van der Waals surface area contributed by atoms with Crippen LogP contribution in [0.2, 0.25) is 0 Å². The summed E-state index contributed by atoms with van der Waals surface area (Å²) in [5, 5.41) is 6.38. The van der Waals surface area contributed by atoms with Crippen molar-refractivity contribution < 1.29 is 9.53 Å². The Morgan fingerprint density at radius 1 is 1.32 bits per heavy atom. The van der Waals surface area contributed by atoms with E-state index in [4.69, 9.17) is 4.74 Å². The summed E-state index contributed by atoms with van der Waals surface area (Å²) in [6.45, 7) is 9.16. The third-order valence-corrected chi connectivity index (χ3v) is 3.86. The maximum atomic E-state index is 12.0. The molecule has 2 rings (SSSR count). The molecule has 2 N–H and O–H groups in total. The van der Waals surface area contributed by atoms with Gasteiger partial charge in [0, 0.05) is 44.3 Å². The average Bonchev–Trinajstić information content (AvgIpc) is 2.50. The molecule has 5 nitrogen and oxygen atoms in total. The Hall–Kier alpha value is -1.59. The minimum absolute atomic E-state index is 0.0989. The summed E-state index contributed by atoms with van der Waals surface area (Å²) in [5.41, 5.74) is 2.29. The number of amides is 1. The van der Waals surface area contributed by atoms with Crippen molar-refractivity contribution in [1.82, 2.24) is 10.2 Å². The molecule has 1 fully saturated rings. The molecule has 1 aliphatic heterocycles. The number of hydrogen-bond donors (Lipinski definition) is 2. The number of carbonyl (C=O) groups is 1. The Kier molecular flexibility index (Phi) is 6.68. The highest BCUT2D eigenvalue weighted by molar-refractivity contribution is 5.76. The van der Waals surface area contributed by atoms with Crippen LogP contribution in [0.25, 0.3) is 0 Å². The quantitative estimate of drug-likeness (QED) is 0.804. The molecule has 1 heterocycles. The van der Waals surface area contributed by atoms with Gasteiger partial charge < -0.3 is 15.4 Å². The second kappa shape index (κ2) is 8.76. The summed E-state index contributed by atoms with van der Waals surface area (Å²) in [6, 6.07) is 8.28. The molecular weight excluding hydrogens is 278 g/mol. The Balaban J connectivity index is 1.63. The highest BCUT2D eigenvalue weighted by atomic mass is 16.5. The molecule has 0 radical (unpaired) electrons. The number of aryl methyl sites for hydroxylation is 1. The zero-order valence-corrected chi connectivity index (χ0v) is 13.6. The van der Waals surface area contributed by atoms with Gasteiger partial charge in [-0.2, -0.15) is 0 Å². The van der Waals surface area contributed by atoms with Gasteiger partial charge in [-0.25, -0.2) is 0 Å². The van der Waals surface area contributed by atoms with E-state index in [1.807, 2.05) is 18.2 Å². The van der Waals surface area contributed by atoms with Gasteiger partial charge in [-0.15, -0.1) is 0 Å². The molecule has 122 valence electrons. The fourth-order valence-electron chi connectivity index (χ4n) is 2.65. The van der Waals surface area contributed by atoms with E-state index in [0.29, 0.717) is 13.0 Å². The maximum absolute atomic E-state index is 12.0. The van der Waals surface area contributed by atoms with E-state index in [0.717, 1.165) is 38.5 Å². The van der Waals surface area contributed by atoms with Crippen LogP contribution in [0.1, 0.15) is 18.9 Å². The first-order chi connectivity index (χ1) is 10.6. The standard InChI is InChI=1S/C17H27N3O2/c1-14-5-3-4-6-16(14)18-8-7-17(21)19-15(2)13-20-9-11-22-12-10-20/h3-6,15,18H,7-13H2,1-2H3,(H,19,21). The predicted molar refractivity (Wildman–Crippen MR) is 89.1 cm³/mol. The molecule has 0 spiro atoms. The molecule has 5 heteroatoms. The van der Waals surface area contributed by atoms with Crippen LogP contribution in [0, 0.1) is 6.92 Å². The van der Waals surface area contributed by atoms with Crippen molar-refractivity contribution in [3.8, 4) is 0 Å². The van der Waals surface area contributed by atoms with Crippen molar-refractivity contribution in [1.29, 1.82) is 0 Å². The largest absolute Gasteiger partial charge is 0.384 e. The van der Waals surface area contributed by atoms with Crippen molar-refractivity contribution in [2.45, 2.75) is 26.3 Å². The number of nitrogens with one attached hydrogen (secondary N) is 2. The van der Waals surface area contributed by atoms with Gasteiger partial charge in [0.15, 0.2) is 0 Å². The first-order valence-corrected chi connectivity index (χ1v) is 8.04. The van der Waals surface area contributed by atoms with E-state index in [9.17, 15) is 4.79 Å². The molecule has 1 amide bonds. The van der Waals surface area contributed by atoms with E-state index in [1.165, 1.54) is 5.56 Å². The SMILES string of the molecule is Cc1ccccc1NCCC(=O)NC(C)CN1CCOCC1. The number of hydrogen-bond acceptors (Lipinski definition) is 4. The summed E-state index contributed by atoms with van der Waals surface area (Å²) in [5.74, 6) is 0.0989. The van der Waals surface area contributed by atoms with Crippen LogP contribution in [-0.4, -0.2) is 56.2 Å². The number of benzene rings is 1. The molecule has 0 saturated carbocycles. The van der Waals surface area contributed by atoms with Gasteiger partial charge in [0.05, 0.1) is 13.2 Å². The number of morpholine rings is 1. The summed E-state index contributed by atoms with van der Waals surface area (Å²) in [6.07, 6.45) is 0.488. The Bertz CT molecular complexity index is 473. The number of ether oxygens (including phenoxy) is 1. The number of para-hydroxylation sites is 1. The molecule has 0 aliphatic carbocycles. The van der Waals surface area contributed by atoms with Crippen molar-refractivity contribution in [3.05, 3.63) is 29.8 Å². The molecule has 1 aliphatic rings. The van der Waals surface area contributed by atoms with Crippen LogP contribution in [0.15, 0.2) is 24.3 Å². The number of rotatable bonds is 7. The molecule has 1 aromatic rings. The fourth-order valence-corrected chi connectivity index (χ4v) is 2.65. The number of nitrogens with zero attached hydrogens (tertiary/aromatic N) is 1. The van der Waals surface area contributed by atoms with Gasteiger partial charge in [-0.3, -0.25) is 9.69 Å². The topological polar surface area (TPSA) is 53.6 Å². The summed E-state index contributed by atoms with van der Waals surface area (Å²) in [4.78, 5) is 14.3. The average molecular weight is 305 g/mol. The highest BCUT2D eigenvalue weighted by Crippen LogP contribution is 2.12. The number of carbonyl (C=O) groups excluding carboxylic acids is 1. The van der Waals surface area contributed by atoms with E-state index in [2.05, 4.69) is 35.4 Å². The Labute approximate surface area is 133 Å². The monoisotopic (exact) mass is 305 g/mol. The van der Waals surface area contributed by atoms with Crippen molar-refractivity contribution >= 4 is 11.6 Å². The smallest absolute Gasteiger partial charge is 0.222 e. The normalized spacial score (nSPS) is 17.0. The van der Waals surface area contributed by atoms with Crippen LogP contribution < -0.4 is 10.6 Å². The summed E-state index contributed by atoms with van der Waals surface area (Å²) < 4.78 is 5.33. The second-order valence-electron chi connectivity index (χ2n) is 5.87. The van der Waals surface area contributed by atoms with Gasteiger partial charge in [-0.05, 0) is 25.5 Å². The predicted octanol–water partition coefficient (Wildman–Crippen LogP) is 1.63. The van der Waals surface area contributed by atoms with Gasteiger partial charge in [0.25, 0.3) is 0 Å². The molecule has 0 aromatic heterocycles. The van der Waals surface area contributed by atoms with Gasteiger partial charge in [0.2, 0.25) is 5.91 Å². The van der Waals surface area contributed by atoms with Crippen LogP contribution in [-0.2, 0) is 9.53 Å². The summed E-state index contributed by atoms with van der Waals surface area (Å²) in [7, 11) is 0. The highest BCUT2D eigenvalue weighted by Gasteiger charge is 2.14. The lowest BCUT2D eigenvalue weighted by atomic mass is 10.2. The zero-order valence-electron chi connectivity index (χ0n) is 13.6. The summed E-state index contributed by atoms with van der Waals surface area (Å²) >= 11 is 0. The lowest BCUT2D eigenvalue weighted by molar-refractivity contribution is -0.121. The van der Waals surface area contributed by atoms with Crippen LogP contribution >= 0.6 is 0 Å². The molecular formula is C17H27N3O2. The minimum atomic E-state index is 0.0989. The van der Waals surface area contributed by atoms with Gasteiger partial charge in [-0.1, -0.05) is 18.2 Å². The maximum Gasteiger partial charge on any atom is 0.222 e. The number of anilines is 1. The van der Waals surface area contributed by atoms with Crippen molar-refractivity contribution in [2.75, 3.05) is 44.7 Å². The fraction of sp³-hybridized carbons (Fsp3) is 0.588. The molecule has 22 heavy (non-hydrogen) atoms. The third kappa shape index (κ3) is 5.66. The third-order valence-electron chi connectivity index (χ3n) is 3.86. The van der Waals surface area contributed by atoms with E-state index >= 15 is 0 Å². The van der Waals surface area contributed by atoms with Crippen LogP contribution in [0.3, 0.4) is 0 Å². The van der Waals surface area contributed by atoms with Crippen LogP contribution in [0.4, 0.5) is 5.69 Å². The second-order valence-corrected chi connectivity index (χ2v) is 5.87. The Morgan fingerprint density at radius 2 is 2.05 bits per heavy atom. The first kappa shape index (κ1) is 16.8. The van der Waals surface area contributed by atoms with Crippen molar-refractivity contribution in [2.24, 2.45) is 0 Å². The zero-order chi connectivity index (χ0) is 15.8. The molecule has 1 saturated heterocycles. The molecule has 1 atom stereocenters. The lowest BCUT2D eigenvalue weighted by Crippen LogP contribution is -2.46. The van der Waals surface area contributed by atoms with Crippen molar-refractivity contribution in [3.63, 3.8) is 0 Å². The van der Waals surface area contributed by atoms with Gasteiger partial charge >= 0.3 is 0 Å². The molecule has 1 aromatic carbocycles. The van der Waals surface area contributed by atoms with E-state index in [-0.39, 0.29) is 11.9 Å². The van der Waals surface area contributed by atoms with E-state index < -0.39 is 0 Å². The van der Waals surface area contributed by atoms with E-state index in [1.54, 1.807) is 0 Å². The molecule has 1 unspecified atom stereocenters. The van der Waals surface area contributed by atoms with Crippen LogP contribution in [0.5, 0.6) is 0 Å². The van der Waals surface area contributed by atoms with Gasteiger partial charge in [0.1, 0.15) is 0 Å². The Morgan fingerprint density at radius 3 is 2.77 bits per heavy atom.